The summed E-state index contributed by atoms with van der Waals surface area (Å²) in [6.45, 7) is -3.54. The summed E-state index contributed by atoms with van der Waals surface area (Å²) in [6.07, 6.45) is 2.86. The van der Waals surface area contributed by atoms with E-state index in [-0.39, 0.29) is 0 Å². The molecule has 0 aliphatic heterocycles. The molecule has 0 saturated heterocycles. The molecule has 0 radical (unpaired) electrons. The highest BCUT2D eigenvalue weighted by atomic mass is 28.3. The van der Waals surface area contributed by atoms with Crippen molar-refractivity contribution in [3.8, 4) is 0 Å². The first-order chi connectivity index (χ1) is 7.11. The molecule has 54 valence electrons. The molecular formula is C8H13NSi. The maximum atomic E-state index is 7.49. The van der Waals surface area contributed by atoms with E-state index >= 15 is 0 Å². The molecule has 2 heteroatoms. The number of hydrogen-bond acceptors (Lipinski definition) is 1. The largest absolute Gasteiger partial charge is 0.265 e. The number of hydrogen-bond donors (Lipinski definition) is 0. The summed E-state index contributed by atoms with van der Waals surface area (Å²) < 4.78 is 45.0. The van der Waals surface area contributed by atoms with E-state index in [1.54, 1.807) is 0 Å². The molecule has 0 bridgehead atoms. The summed E-state index contributed by atoms with van der Waals surface area (Å²) in [7, 11) is -3.57. The zero-order valence-electron chi connectivity index (χ0n) is 11.8. The summed E-state index contributed by atoms with van der Waals surface area (Å²) in [4.78, 5) is 3.78. The second-order valence-electron chi connectivity index (χ2n) is 2.36. The van der Waals surface area contributed by atoms with Gasteiger partial charge in [0.25, 0.3) is 0 Å². The van der Waals surface area contributed by atoms with Crippen LogP contribution in [-0.4, -0.2) is 13.1 Å². The van der Waals surface area contributed by atoms with Crippen LogP contribution >= 0.6 is 0 Å². The Balaban J connectivity index is 3.39. The summed E-state index contributed by atoms with van der Waals surface area (Å²) in [5.41, 5.74) is 0. The van der Waals surface area contributed by atoms with Crippen LogP contribution in [0.1, 0.15) is 8.22 Å². The van der Waals surface area contributed by atoms with Crippen molar-refractivity contribution in [3.05, 3.63) is 24.5 Å². The number of pyridine rings is 1. The van der Waals surface area contributed by atoms with Gasteiger partial charge in [0, 0.05) is 20.6 Å². The van der Waals surface area contributed by atoms with Crippen LogP contribution in [0.4, 0.5) is 0 Å². The van der Waals surface area contributed by atoms with Gasteiger partial charge in [0.05, 0.1) is 8.07 Å². The Morgan fingerprint density at radius 2 is 2.00 bits per heavy atom. The lowest BCUT2D eigenvalue weighted by Gasteiger charge is -2.14. The van der Waals surface area contributed by atoms with Crippen molar-refractivity contribution in [1.29, 1.82) is 0 Å². The Morgan fingerprint density at radius 1 is 1.40 bits per heavy atom. The number of nitrogens with zero attached hydrogens (tertiary/aromatic N) is 1. The predicted molar refractivity (Wildman–Crippen MR) is 47.2 cm³/mol. The first-order valence-corrected chi connectivity index (χ1v) is 5.51. The molecule has 10 heavy (non-hydrogen) atoms. The summed E-state index contributed by atoms with van der Waals surface area (Å²) in [6, 6.07) is 2.98. The van der Waals surface area contributed by atoms with Crippen LogP contribution in [0.5, 0.6) is 0 Å². The molecule has 0 unspecified atom stereocenters. The molecule has 1 heterocycles. The zero-order chi connectivity index (χ0) is 12.6. The molecule has 0 saturated carbocycles. The second kappa shape index (κ2) is 2.54. The fourth-order valence-electron chi connectivity index (χ4n) is 0.685. The monoisotopic (exact) mass is 157 g/mol. The molecular weight excluding hydrogens is 138 g/mol. The fourth-order valence-corrected chi connectivity index (χ4v) is 1.50. The van der Waals surface area contributed by atoms with Gasteiger partial charge in [0.1, 0.15) is 0 Å². The molecule has 0 aliphatic rings. The van der Waals surface area contributed by atoms with Gasteiger partial charge in [-0.2, -0.15) is 0 Å². The van der Waals surface area contributed by atoms with Gasteiger partial charge in [0.2, 0.25) is 0 Å². The minimum atomic E-state index is -3.57. The maximum absolute atomic E-state index is 7.49. The van der Waals surface area contributed by atoms with E-state index in [0.29, 0.717) is 5.19 Å². The third kappa shape index (κ3) is 1.67. The smallest absolute Gasteiger partial charge is 0.0777 e. The van der Waals surface area contributed by atoms with E-state index in [1.165, 1.54) is 31.1 Å². The summed E-state index contributed by atoms with van der Waals surface area (Å²) >= 11 is 0. The quantitative estimate of drug-likeness (QED) is 0.565. The summed E-state index contributed by atoms with van der Waals surface area (Å²) in [5, 5.41) is 0.391. The van der Waals surface area contributed by atoms with Gasteiger partial charge in [-0.05, 0) is 12.1 Å². The molecule has 1 nitrogen and oxygen atoms in total. The molecule has 0 fully saturated rings. The van der Waals surface area contributed by atoms with Gasteiger partial charge in [-0.1, -0.05) is 24.7 Å². The molecule has 0 amide bonds. The van der Waals surface area contributed by atoms with Crippen molar-refractivity contribution in [2.45, 2.75) is 19.5 Å². The van der Waals surface area contributed by atoms with Crippen LogP contribution in [0.25, 0.3) is 0 Å². The van der Waals surface area contributed by atoms with Gasteiger partial charge in [-0.25, -0.2) is 0 Å². The zero-order valence-corrected chi connectivity index (χ0v) is 6.76. The Labute approximate surface area is 71.6 Å². The van der Waals surface area contributed by atoms with E-state index in [4.69, 9.17) is 8.22 Å². The van der Waals surface area contributed by atoms with Crippen LogP contribution in [0.3, 0.4) is 0 Å². The van der Waals surface area contributed by atoms with Gasteiger partial charge < -0.3 is 0 Å². The number of rotatable bonds is 1. The van der Waals surface area contributed by atoms with E-state index in [0.717, 1.165) is 0 Å². The molecule has 0 N–H and O–H groups in total. The molecule has 0 atom stereocenters. The van der Waals surface area contributed by atoms with Crippen LogP contribution < -0.4 is 5.19 Å². The SMILES string of the molecule is [2H]C([2H])([2H])[Si](C)(c1ccncc1)C([2H])([2H])[2H]. The van der Waals surface area contributed by atoms with Crippen molar-refractivity contribution in [1.82, 2.24) is 4.98 Å². The van der Waals surface area contributed by atoms with E-state index in [1.807, 2.05) is 0 Å². The third-order valence-corrected chi connectivity index (χ3v) is 2.75. The maximum Gasteiger partial charge on any atom is 0.0777 e. The average molecular weight is 157 g/mol. The van der Waals surface area contributed by atoms with Gasteiger partial charge in [0.15, 0.2) is 0 Å². The lowest BCUT2D eigenvalue weighted by molar-refractivity contribution is 1.34. The Kier molecular flexibility index (Phi) is 0.706. The highest BCUT2D eigenvalue weighted by molar-refractivity contribution is 6.88. The van der Waals surface area contributed by atoms with Crippen molar-refractivity contribution in [2.24, 2.45) is 0 Å². The van der Waals surface area contributed by atoms with E-state index in [9.17, 15) is 0 Å². The van der Waals surface area contributed by atoms with Crippen LogP contribution in [0.2, 0.25) is 19.5 Å². The number of aromatic nitrogens is 1. The highest BCUT2D eigenvalue weighted by Gasteiger charge is 2.14. The molecule has 1 aromatic rings. The molecule has 0 aliphatic carbocycles. The average Bonchev–Trinajstić information content (AvgIpc) is 2.14. The van der Waals surface area contributed by atoms with Gasteiger partial charge in [-0.3, -0.25) is 4.98 Å². The Hall–Kier alpha value is -0.633. The van der Waals surface area contributed by atoms with Crippen molar-refractivity contribution >= 4 is 13.3 Å². The molecule has 1 aromatic heterocycles. The first-order valence-electron chi connectivity index (χ1n) is 6.01. The lowest BCUT2D eigenvalue weighted by Crippen LogP contribution is -2.37. The normalized spacial score (nSPS) is 22.9. The van der Waals surface area contributed by atoms with E-state index in [2.05, 4.69) is 4.98 Å². The standard InChI is InChI=1S/C8H13NSi/c1-10(2,3)8-4-6-9-7-5-8/h4-7H,1-3H3/i1D3,2D3. The van der Waals surface area contributed by atoms with Crippen LogP contribution in [0, 0.1) is 0 Å². The minimum absolute atomic E-state index is 0.391. The molecule has 0 spiro atoms. The first kappa shape index (κ1) is 2.78. The fraction of sp³-hybridized carbons (Fsp3) is 0.375. The van der Waals surface area contributed by atoms with E-state index < -0.39 is 21.0 Å². The van der Waals surface area contributed by atoms with Crippen molar-refractivity contribution in [2.75, 3.05) is 0 Å². The van der Waals surface area contributed by atoms with Crippen molar-refractivity contribution < 1.29 is 8.22 Å². The Bertz CT molecular complexity index is 343. The minimum Gasteiger partial charge on any atom is -0.265 e. The van der Waals surface area contributed by atoms with Gasteiger partial charge in [-0.15, -0.1) is 0 Å². The highest BCUT2D eigenvalue weighted by Crippen LogP contribution is 1.99. The molecule has 1 rings (SSSR count). The van der Waals surface area contributed by atoms with Crippen LogP contribution in [-0.2, 0) is 0 Å². The van der Waals surface area contributed by atoms with Crippen molar-refractivity contribution in [3.63, 3.8) is 0 Å². The third-order valence-electron chi connectivity index (χ3n) is 1.26. The Morgan fingerprint density at radius 3 is 2.50 bits per heavy atom. The van der Waals surface area contributed by atoms with Gasteiger partial charge >= 0.3 is 0 Å². The summed E-state index contributed by atoms with van der Waals surface area (Å²) in [5.74, 6) is 0. The van der Waals surface area contributed by atoms with Crippen LogP contribution in [0.15, 0.2) is 24.5 Å². The second-order valence-corrected chi connectivity index (χ2v) is 5.19. The molecule has 0 aromatic carbocycles. The lowest BCUT2D eigenvalue weighted by atomic mass is 10.5. The predicted octanol–water partition coefficient (Wildman–Crippen LogP) is 1.63. The topological polar surface area (TPSA) is 12.9 Å².